The molecule has 150 valence electrons. The average molecular weight is 406 g/mol. The number of amides is 1. The highest BCUT2D eigenvalue weighted by atomic mass is 35.5. The normalized spacial score (nSPS) is 23.4. The van der Waals surface area contributed by atoms with Crippen LogP contribution in [0.4, 0.5) is 10.3 Å². The number of nitrogens with one attached hydrogen (secondary N) is 2. The SMILES string of the molecule is CC(C)Nc1ncc(C(=O)N2C[C@@H]3CNC[C@@H]3[C@H]2c2cccc(F)c2)cn1.Cl. The largest absolute Gasteiger partial charge is 0.352 e. The molecular weight excluding hydrogens is 381 g/mol. The zero-order valence-electron chi connectivity index (χ0n) is 15.9. The zero-order chi connectivity index (χ0) is 19.0. The van der Waals surface area contributed by atoms with E-state index in [0.29, 0.717) is 29.9 Å². The third kappa shape index (κ3) is 3.95. The van der Waals surface area contributed by atoms with Crippen LogP contribution in [-0.2, 0) is 0 Å². The molecule has 4 rings (SSSR count). The van der Waals surface area contributed by atoms with Gasteiger partial charge in [0, 0.05) is 44.0 Å². The molecule has 28 heavy (non-hydrogen) atoms. The molecular formula is C20H25ClFN5O. The van der Waals surface area contributed by atoms with Crippen molar-refractivity contribution < 1.29 is 9.18 Å². The summed E-state index contributed by atoms with van der Waals surface area (Å²) >= 11 is 0. The van der Waals surface area contributed by atoms with E-state index in [1.54, 1.807) is 18.5 Å². The lowest BCUT2D eigenvalue weighted by Crippen LogP contribution is -2.35. The monoisotopic (exact) mass is 405 g/mol. The van der Waals surface area contributed by atoms with E-state index in [0.717, 1.165) is 18.7 Å². The first-order valence-corrected chi connectivity index (χ1v) is 9.38. The Morgan fingerprint density at radius 2 is 2.04 bits per heavy atom. The maximum Gasteiger partial charge on any atom is 0.257 e. The molecule has 3 heterocycles. The lowest BCUT2D eigenvalue weighted by atomic mass is 9.89. The Morgan fingerprint density at radius 3 is 2.71 bits per heavy atom. The van der Waals surface area contributed by atoms with Crippen molar-refractivity contribution in [3.63, 3.8) is 0 Å². The van der Waals surface area contributed by atoms with Crippen molar-refractivity contribution in [3.8, 4) is 0 Å². The Balaban J connectivity index is 0.00000225. The van der Waals surface area contributed by atoms with E-state index in [2.05, 4.69) is 20.6 Å². The lowest BCUT2D eigenvalue weighted by Gasteiger charge is -2.28. The first kappa shape index (κ1) is 20.5. The van der Waals surface area contributed by atoms with Gasteiger partial charge in [-0.05, 0) is 37.5 Å². The molecule has 0 radical (unpaired) electrons. The van der Waals surface area contributed by atoms with Gasteiger partial charge >= 0.3 is 0 Å². The number of benzene rings is 1. The van der Waals surface area contributed by atoms with Gasteiger partial charge in [-0.15, -0.1) is 12.4 Å². The van der Waals surface area contributed by atoms with Crippen LogP contribution in [-0.4, -0.2) is 46.5 Å². The maximum atomic E-state index is 13.8. The molecule has 1 aromatic carbocycles. The van der Waals surface area contributed by atoms with Crippen molar-refractivity contribution in [2.45, 2.75) is 25.9 Å². The van der Waals surface area contributed by atoms with Crippen LogP contribution in [0, 0.1) is 17.7 Å². The minimum atomic E-state index is -0.276. The topological polar surface area (TPSA) is 70.2 Å². The number of rotatable bonds is 4. The number of halogens is 2. The first-order chi connectivity index (χ1) is 13.0. The summed E-state index contributed by atoms with van der Waals surface area (Å²) < 4.78 is 13.8. The second kappa shape index (κ2) is 8.41. The fourth-order valence-electron chi connectivity index (χ4n) is 4.18. The van der Waals surface area contributed by atoms with Crippen LogP contribution in [0.5, 0.6) is 0 Å². The van der Waals surface area contributed by atoms with E-state index in [1.807, 2.05) is 24.8 Å². The number of nitrogens with zero attached hydrogens (tertiary/aromatic N) is 3. The summed E-state index contributed by atoms with van der Waals surface area (Å²) in [6.45, 7) is 6.38. The predicted octanol–water partition coefficient (Wildman–Crippen LogP) is 2.89. The Morgan fingerprint density at radius 1 is 1.29 bits per heavy atom. The third-order valence-electron chi connectivity index (χ3n) is 5.33. The van der Waals surface area contributed by atoms with Gasteiger partial charge in [0.05, 0.1) is 11.6 Å². The summed E-state index contributed by atoms with van der Waals surface area (Å²) in [6, 6.07) is 6.66. The first-order valence-electron chi connectivity index (χ1n) is 9.38. The van der Waals surface area contributed by atoms with E-state index in [4.69, 9.17) is 0 Å². The van der Waals surface area contributed by atoms with Crippen molar-refractivity contribution >= 4 is 24.3 Å². The smallest absolute Gasteiger partial charge is 0.257 e. The summed E-state index contributed by atoms with van der Waals surface area (Å²) in [7, 11) is 0. The minimum Gasteiger partial charge on any atom is -0.352 e. The van der Waals surface area contributed by atoms with Crippen LogP contribution in [0.25, 0.3) is 0 Å². The number of aromatic nitrogens is 2. The molecule has 8 heteroatoms. The number of hydrogen-bond donors (Lipinski definition) is 2. The zero-order valence-corrected chi connectivity index (χ0v) is 16.7. The molecule has 2 fully saturated rings. The molecule has 1 aromatic heterocycles. The van der Waals surface area contributed by atoms with Crippen LogP contribution >= 0.6 is 12.4 Å². The van der Waals surface area contributed by atoms with Gasteiger partial charge < -0.3 is 15.5 Å². The Labute approximate surface area is 170 Å². The van der Waals surface area contributed by atoms with Crippen LogP contribution in [0.15, 0.2) is 36.7 Å². The second-order valence-corrected chi connectivity index (χ2v) is 7.63. The number of anilines is 1. The van der Waals surface area contributed by atoms with E-state index in [1.165, 1.54) is 12.1 Å². The summed E-state index contributed by atoms with van der Waals surface area (Å²) in [5.74, 6) is 0.797. The summed E-state index contributed by atoms with van der Waals surface area (Å²) in [6.07, 6.45) is 3.13. The Bertz CT molecular complexity index is 832. The van der Waals surface area contributed by atoms with Gasteiger partial charge in [0.15, 0.2) is 0 Å². The molecule has 2 saturated heterocycles. The van der Waals surface area contributed by atoms with Gasteiger partial charge in [-0.2, -0.15) is 0 Å². The van der Waals surface area contributed by atoms with E-state index >= 15 is 0 Å². The fraction of sp³-hybridized carbons (Fsp3) is 0.450. The highest BCUT2D eigenvalue weighted by Crippen LogP contribution is 2.43. The highest BCUT2D eigenvalue weighted by molar-refractivity contribution is 5.94. The van der Waals surface area contributed by atoms with Crippen molar-refractivity contribution in [1.82, 2.24) is 20.2 Å². The molecule has 2 aliphatic heterocycles. The van der Waals surface area contributed by atoms with Gasteiger partial charge in [0.1, 0.15) is 5.82 Å². The number of carbonyl (C=O) groups is 1. The van der Waals surface area contributed by atoms with Crippen LogP contribution in [0.2, 0.25) is 0 Å². The molecule has 1 amide bonds. The second-order valence-electron chi connectivity index (χ2n) is 7.63. The molecule has 2 aromatic rings. The highest BCUT2D eigenvalue weighted by Gasteiger charge is 2.47. The van der Waals surface area contributed by atoms with E-state index < -0.39 is 0 Å². The van der Waals surface area contributed by atoms with Gasteiger partial charge in [-0.25, -0.2) is 14.4 Å². The van der Waals surface area contributed by atoms with Crippen molar-refractivity contribution in [2.24, 2.45) is 11.8 Å². The number of fused-ring (bicyclic) bond motifs is 1. The van der Waals surface area contributed by atoms with Gasteiger partial charge in [0.2, 0.25) is 5.95 Å². The molecule has 3 atom stereocenters. The van der Waals surface area contributed by atoms with E-state index in [9.17, 15) is 9.18 Å². The van der Waals surface area contributed by atoms with Gasteiger partial charge in [-0.3, -0.25) is 4.79 Å². The minimum absolute atomic E-state index is 0. The van der Waals surface area contributed by atoms with Crippen molar-refractivity contribution in [1.29, 1.82) is 0 Å². The number of likely N-dealkylation sites (tertiary alicyclic amines) is 1. The summed E-state index contributed by atoms with van der Waals surface area (Å²) in [5, 5.41) is 6.52. The van der Waals surface area contributed by atoms with E-state index in [-0.39, 0.29) is 36.2 Å². The standard InChI is InChI=1S/C20H24FN5O.ClH/c1-12(2)25-20-23-8-14(9-24-20)19(27)26-11-15-7-22-10-17(15)18(26)13-4-3-5-16(21)6-13;/h3-6,8-9,12,15,17-18,22H,7,10-11H2,1-2H3,(H,23,24,25);1H/t15-,17-,18+;/m0./s1. The van der Waals surface area contributed by atoms with Gasteiger partial charge in [-0.1, -0.05) is 12.1 Å². The predicted molar refractivity (Wildman–Crippen MR) is 108 cm³/mol. The van der Waals surface area contributed by atoms with Gasteiger partial charge in [0.25, 0.3) is 5.91 Å². The number of carbonyl (C=O) groups excluding carboxylic acids is 1. The van der Waals surface area contributed by atoms with Crippen LogP contribution in [0.3, 0.4) is 0 Å². The molecule has 2 aliphatic rings. The molecule has 6 nitrogen and oxygen atoms in total. The lowest BCUT2D eigenvalue weighted by molar-refractivity contribution is 0.0713. The van der Waals surface area contributed by atoms with Crippen molar-refractivity contribution in [2.75, 3.05) is 25.0 Å². The summed E-state index contributed by atoms with van der Waals surface area (Å²) in [5.41, 5.74) is 1.30. The Kier molecular flexibility index (Phi) is 6.15. The Hall–Kier alpha value is -2.25. The third-order valence-corrected chi connectivity index (χ3v) is 5.33. The molecule has 0 aliphatic carbocycles. The average Bonchev–Trinajstić information content (AvgIpc) is 3.22. The molecule has 0 spiro atoms. The number of hydrogen-bond acceptors (Lipinski definition) is 5. The molecule has 0 saturated carbocycles. The van der Waals surface area contributed by atoms with Crippen LogP contribution < -0.4 is 10.6 Å². The summed E-state index contributed by atoms with van der Waals surface area (Å²) in [4.78, 5) is 23.6. The maximum absolute atomic E-state index is 13.8. The van der Waals surface area contributed by atoms with Crippen molar-refractivity contribution in [3.05, 3.63) is 53.6 Å². The van der Waals surface area contributed by atoms with Crippen LogP contribution in [0.1, 0.15) is 35.8 Å². The fourth-order valence-corrected chi connectivity index (χ4v) is 4.18. The quantitative estimate of drug-likeness (QED) is 0.818. The molecule has 0 unspecified atom stereocenters. The molecule has 2 N–H and O–H groups in total. The molecule has 0 bridgehead atoms.